The summed E-state index contributed by atoms with van der Waals surface area (Å²) < 4.78 is 11.9. The zero-order chi connectivity index (χ0) is 40.5. The summed E-state index contributed by atoms with van der Waals surface area (Å²) in [5.74, 6) is -4.52. The lowest BCUT2D eigenvalue weighted by Crippen LogP contribution is -2.54. The number of carbonyl (C=O) groups is 7. The van der Waals surface area contributed by atoms with Gasteiger partial charge in [-0.3, -0.25) is 28.8 Å². The molecule has 1 fully saturated rings. The van der Waals surface area contributed by atoms with Gasteiger partial charge in [0, 0.05) is 26.9 Å². The second kappa shape index (κ2) is 22.3. The summed E-state index contributed by atoms with van der Waals surface area (Å²) >= 11 is 0. The maximum absolute atomic E-state index is 14.0. The first-order valence-electron chi connectivity index (χ1n) is 19.9. The largest absolute Gasteiger partial charge is 0.494 e. The molecule has 56 heavy (non-hydrogen) atoms. The van der Waals surface area contributed by atoms with Crippen molar-refractivity contribution in [1.82, 2.24) is 26.2 Å². The standard InChI is InChI=1S/C42H57N5O9/c1-4-16-32(38(50)40(52)43-27-35(49)46-36(41(53)47(2)3)29-18-9-7-10-19-29)44-39(51)33-26-28-17-15-22-31(25-28)55-24-14-6-5-13-23-34(48)45-37(42(54)56-33)30-20-11-8-12-21-30/h7,9-10,15,17-19,22,25,30,32-33,36-37H,4-6,8,11-14,16,20-21,23-24,26-27H2,1-3H3,(H,43,52)(H,44,51)(H,45,48)(H,46,49)/t32?,33?,36-,37-/m0/s1. The molecule has 4 N–H and O–H groups in total. The van der Waals surface area contributed by atoms with Gasteiger partial charge in [0.05, 0.1) is 19.2 Å². The Morgan fingerprint density at radius 2 is 1.59 bits per heavy atom. The van der Waals surface area contributed by atoms with Gasteiger partial charge >= 0.3 is 5.97 Å². The van der Waals surface area contributed by atoms with Crippen LogP contribution >= 0.6 is 0 Å². The number of esters is 1. The highest BCUT2D eigenvalue weighted by Gasteiger charge is 2.37. The number of fused-ring (bicyclic) bond motifs is 2. The molecule has 14 heteroatoms. The number of ether oxygens (including phenoxy) is 2. The van der Waals surface area contributed by atoms with Crippen molar-refractivity contribution in [3.8, 4) is 5.75 Å². The molecule has 2 aromatic rings. The molecule has 0 spiro atoms. The second-order valence-electron chi connectivity index (χ2n) is 14.8. The predicted molar refractivity (Wildman–Crippen MR) is 208 cm³/mol. The van der Waals surface area contributed by atoms with Gasteiger partial charge in [-0.05, 0) is 61.3 Å². The fourth-order valence-electron chi connectivity index (χ4n) is 7.02. The molecule has 14 nitrogen and oxygen atoms in total. The molecular weight excluding hydrogens is 718 g/mol. The van der Waals surface area contributed by atoms with Crippen molar-refractivity contribution in [3.05, 3.63) is 65.7 Å². The molecule has 1 aliphatic carbocycles. The first-order chi connectivity index (χ1) is 27.0. The van der Waals surface area contributed by atoms with Gasteiger partial charge in [-0.25, -0.2) is 4.79 Å². The SMILES string of the molecule is CCCC(NC(=O)C1Cc2cccc(c2)OCCCCCCC(=O)N[C@@H](C2CCCCC2)C(=O)O1)C(=O)C(=O)NCC(=O)N[C@H](C(=O)N(C)C)c1ccccc1. The predicted octanol–water partition coefficient (Wildman–Crippen LogP) is 3.46. The van der Waals surface area contributed by atoms with E-state index in [1.807, 2.05) is 0 Å². The summed E-state index contributed by atoms with van der Waals surface area (Å²) in [6.45, 7) is 1.65. The van der Waals surface area contributed by atoms with Gasteiger partial charge in [0.15, 0.2) is 6.10 Å². The lowest BCUT2D eigenvalue weighted by Gasteiger charge is -2.31. The van der Waals surface area contributed by atoms with Gasteiger partial charge in [0.1, 0.15) is 17.8 Å². The topological polar surface area (TPSA) is 189 Å². The highest BCUT2D eigenvalue weighted by Crippen LogP contribution is 2.28. The van der Waals surface area contributed by atoms with Gasteiger partial charge in [0.2, 0.25) is 23.5 Å². The third-order valence-electron chi connectivity index (χ3n) is 10.1. The summed E-state index contributed by atoms with van der Waals surface area (Å²) in [7, 11) is 3.11. The minimum Gasteiger partial charge on any atom is -0.494 e. The number of Topliss-reactive ketones (excluding diaryl/α,β-unsaturated/α-hetero) is 1. The molecule has 1 heterocycles. The molecule has 2 aliphatic rings. The number of nitrogens with one attached hydrogen (secondary N) is 4. The fraction of sp³-hybridized carbons (Fsp3) is 0.548. The Hall–Kier alpha value is -5.27. The Bertz CT molecular complexity index is 1660. The summed E-state index contributed by atoms with van der Waals surface area (Å²) in [4.78, 5) is 94.8. The van der Waals surface area contributed by atoms with Crippen LogP contribution in [0.3, 0.4) is 0 Å². The van der Waals surface area contributed by atoms with Crippen LogP contribution in [0.1, 0.15) is 101 Å². The monoisotopic (exact) mass is 775 g/mol. The maximum atomic E-state index is 14.0. The van der Waals surface area contributed by atoms with E-state index in [1.165, 1.54) is 4.90 Å². The molecule has 2 bridgehead atoms. The van der Waals surface area contributed by atoms with Gasteiger partial charge in [-0.15, -0.1) is 0 Å². The van der Waals surface area contributed by atoms with Crippen LogP contribution in [-0.4, -0.2) is 91.6 Å². The van der Waals surface area contributed by atoms with E-state index < -0.39 is 60.2 Å². The molecule has 304 valence electrons. The van der Waals surface area contributed by atoms with E-state index in [2.05, 4.69) is 21.3 Å². The van der Waals surface area contributed by atoms with Gasteiger partial charge in [-0.2, -0.15) is 0 Å². The number of hydrogen-bond acceptors (Lipinski definition) is 9. The third kappa shape index (κ3) is 13.5. The number of amides is 5. The Labute approximate surface area is 329 Å². The van der Waals surface area contributed by atoms with Crippen molar-refractivity contribution in [2.75, 3.05) is 27.2 Å². The zero-order valence-corrected chi connectivity index (χ0v) is 32.8. The summed E-state index contributed by atoms with van der Waals surface area (Å²) in [6.07, 6.45) is 6.79. The Morgan fingerprint density at radius 1 is 0.875 bits per heavy atom. The van der Waals surface area contributed by atoms with E-state index in [0.29, 0.717) is 36.3 Å². The van der Waals surface area contributed by atoms with Crippen LogP contribution < -0.4 is 26.0 Å². The molecule has 2 aromatic carbocycles. The first-order valence-corrected chi connectivity index (χ1v) is 19.9. The number of cyclic esters (lactones) is 1. The van der Waals surface area contributed by atoms with Crippen molar-refractivity contribution in [2.24, 2.45) is 5.92 Å². The molecule has 0 radical (unpaired) electrons. The number of likely N-dealkylation sites (N-methyl/N-ethyl adjacent to an activating group) is 1. The van der Waals surface area contributed by atoms with Crippen LogP contribution in [0.25, 0.3) is 0 Å². The molecule has 5 amide bonds. The van der Waals surface area contributed by atoms with Crippen LogP contribution in [0.4, 0.5) is 0 Å². The number of carbonyl (C=O) groups excluding carboxylic acids is 7. The minimum atomic E-state index is -1.42. The second-order valence-corrected chi connectivity index (χ2v) is 14.8. The molecule has 0 aromatic heterocycles. The highest BCUT2D eigenvalue weighted by atomic mass is 16.5. The van der Waals surface area contributed by atoms with E-state index in [0.717, 1.165) is 51.4 Å². The van der Waals surface area contributed by atoms with Crippen LogP contribution in [0.2, 0.25) is 0 Å². The van der Waals surface area contributed by atoms with Crippen LogP contribution in [0.5, 0.6) is 5.75 Å². The van der Waals surface area contributed by atoms with E-state index in [1.54, 1.807) is 75.6 Å². The molecule has 1 saturated carbocycles. The van der Waals surface area contributed by atoms with Gasteiger partial charge < -0.3 is 35.6 Å². The van der Waals surface area contributed by atoms with E-state index in [9.17, 15) is 33.6 Å². The number of benzene rings is 2. The first kappa shape index (κ1) is 43.5. The average molecular weight is 776 g/mol. The van der Waals surface area contributed by atoms with Gasteiger partial charge in [0.25, 0.3) is 11.8 Å². The Kier molecular flexibility index (Phi) is 17.3. The number of nitrogens with zero attached hydrogens (tertiary/aromatic N) is 1. The van der Waals surface area contributed by atoms with Crippen molar-refractivity contribution in [2.45, 2.75) is 115 Å². The van der Waals surface area contributed by atoms with E-state index in [4.69, 9.17) is 9.47 Å². The zero-order valence-electron chi connectivity index (χ0n) is 32.8. The van der Waals surface area contributed by atoms with Crippen molar-refractivity contribution < 1.29 is 43.0 Å². The van der Waals surface area contributed by atoms with E-state index >= 15 is 0 Å². The minimum absolute atomic E-state index is 0.0617. The number of rotatable bonds is 12. The normalized spacial score (nSPS) is 19.7. The van der Waals surface area contributed by atoms with E-state index in [-0.39, 0.29) is 37.0 Å². The molecule has 0 saturated heterocycles. The molecule has 4 atom stereocenters. The highest BCUT2D eigenvalue weighted by molar-refractivity contribution is 6.38. The molecule has 2 unspecified atom stereocenters. The van der Waals surface area contributed by atoms with Crippen molar-refractivity contribution in [1.29, 1.82) is 0 Å². The lowest BCUT2D eigenvalue weighted by atomic mass is 9.83. The lowest BCUT2D eigenvalue weighted by molar-refractivity contribution is -0.160. The molecular formula is C42H57N5O9. The van der Waals surface area contributed by atoms with Crippen LogP contribution in [0, 0.1) is 5.92 Å². The molecule has 1 aliphatic heterocycles. The van der Waals surface area contributed by atoms with Crippen molar-refractivity contribution in [3.63, 3.8) is 0 Å². The maximum Gasteiger partial charge on any atom is 0.329 e. The van der Waals surface area contributed by atoms with Crippen LogP contribution in [0.15, 0.2) is 54.6 Å². The summed E-state index contributed by atoms with van der Waals surface area (Å²) in [6, 6.07) is 12.5. The number of hydrogen-bond donors (Lipinski definition) is 4. The van der Waals surface area contributed by atoms with Crippen LogP contribution in [-0.2, 0) is 44.7 Å². The fourth-order valence-corrected chi connectivity index (χ4v) is 7.02. The Morgan fingerprint density at radius 3 is 2.30 bits per heavy atom. The summed E-state index contributed by atoms with van der Waals surface area (Å²) in [5, 5.41) is 10.5. The molecule has 4 rings (SSSR count). The Balaban J connectivity index is 1.50. The number of ketones is 1. The van der Waals surface area contributed by atoms with Gasteiger partial charge in [-0.1, -0.05) is 87.9 Å². The summed E-state index contributed by atoms with van der Waals surface area (Å²) in [5.41, 5.74) is 1.18. The smallest absolute Gasteiger partial charge is 0.329 e. The average Bonchev–Trinajstić information content (AvgIpc) is 3.20. The third-order valence-corrected chi connectivity index (χ3v) is 10.1. The quantitative estimate of drug-likeness (QED) is 0.185. The van der Waals surface area contributed by atoms with Crippen molar-refractivity contribution >= 4 is 41.3 Å².